The molecule has 13 heteroatoms. The SMILES string of the molecule is CC(C)(OC(=O)Nc1ccc2c(c1)N(S(=O)(=O)c1cnc3ccccn13)CCO2)C(F)(F)F. The Morgan fingerprint density at radius 3 is 2.70 bits per heavy atom. The highest BCUT2D eigenvalue weighted by atomic mass is 32.2. The largest absolute Gasteiger partial charge is 0.489 e. The Morgan fingerprint density at radius 2 is 1.97 bits per heavy atom. The van der Waals surface area contributed by atoms with E-state index in [-0.39, 0.29) is 35.3 Å². The lowest BCUT2D eigenvalue weighted by Crippen LogP contribution is -2.44. The average molecular weight is 484 g/mol. The Labute approximate surface area is 186 Å². The number of pyridine rings is 1. The van der Waals surface area contributed by atoms with Crippen LogP contribution in [0.2, 0.25) is 0 Å². The molecule has 0 atom stereocenters. The van der Waals surface area contributed by atoms with Crippen molar-refractivity contribution in [3.05, 3.63) is 48.8 Å². The van der Waals surface area contributed by atoms with Gasteiger partial charge in [0.1, 0.15) is 18.0 Å². The first-order chi connectivity index (χ1) is 15.4. The zero-order chi connectivity index (χ0) is 24.0. The summed E-state index contributed by atoms with van der Waals surface area (Å²) in [6, 6.07) is 9.11. The molecule has 0 unspecified atom stereocenters. The number of nitrogens with one attached hydrogen (secondary N) is 1. The normalized spacial score (nSPS) is 14.5. The summed E-state index contributed by atoms with van der Waals surface area (Å²) in [5.74, 6) is 0.230. The van der Waals surface area contributed by atoms with Crippen molar-refractivity contribution in [1.29, 1.82) is 0 Å². The minimum atomic E-state index is -4.77. The number of imidazole rings is 1. The van der Waals surface area contributed by atoms with Gasteiger partial charge in [0.05, 0.1) is 18.4 Å². The van der Waals surface area contributed by atoms with Crippen LogP contribution in [-0.4, -0.2) is 48.8 Å². The highest BCUT2D eigenvalue weighted by Crippen LogP contribution is 2.38. The second kappa shape index (κ2) is 7.83. The maximum Gasteiger partial charge on any atom is 0.427 e. The van der Waals surface area contributed by atoms with Crippen LogP contribution >= 0.6 is 0 Å². The Bertz CT molecular complexity index is 1320. The van der Waals surface area contributed by atoms with Crippen molar-refractivity contribution < 1.29 is 35.9 Å². The van der Waals surface area contributed by atoms with Crippen molar-refractivity contribution in [2.75, 3.05) is 22.8 Å². The Morgan fingerprint density at radius 1 is 1.21 bits per heavy atom. The van der Waals surface area contributed by atoms with Crippen molar-refractivity contribution in [3.63, 3.8) is 0 Å². The summed E-state index contributed by atoms with van der Waals surface area (Å²) in [6.45, 7) is 1.50. The summed E-state index contributed by atoms with van der Waals surface area (Å²) in [4.78, 5) is 16.2. The van der Waals surface area contributed by atoms with Gasteiger partial charge in [-0.25, -0.2) is 9.78 Å². The topological polar surface area (TPSA) is 102 Å². The van der Waals surface area contributed by atoms with E-state index < -0.39 is 27.9 Å². The van der Waals surface area contributed by atoms with Crippen LogP contribution in [0.1, 0.15) is 13.8 Å². The number of benzene rings is 1. The minimum Gasteiger partial charge on any atom is -0.489 e. The summed E-state index contributed by atoms with van der Waals surface area (Å²) in [5.41, 5.74) is -2.14. The van der Waals surface area contributed by atoms with E-state index in [0.717, 1.165) is 18.2 Å². The van der Waals surface area contributed by atoms with E-state index in [9.17, 15) is 26.4 Å². The number of fused-ring (bicyclic) bond motifs is 2. The van der Waals surface area contributed by atoms with Crippen molar-refractivity contribution >= 4 is 33.1 Å². The number of aromatic nitrogens is 2. The van der Waals surface area contributed by atoms with E-state index in [2.05, 4.69) is 15.0 Å². The molecule has 1 aliphatic heterocycles. The number of anilines is 2. The molecule has 0 fully saturated rings. The number of alkyl halides is 3. The third-order valence-corrected chi connectivity index (χ3v) is 6.78. The summed E-state index contributed by atoms with van der Waals surface area (Å²) >= 11 is 0. The summed E-state index contributed by atoms with van der Waals surface area (Å²) in [6.07, 6.45) is -3.32. The van der Waals surface area contributed by atoms with Gasteiger partial charge in [0.15, 0.2) is 5.03 Å². The Hall–Kier alpha value is -3.48. The van der Waals surface area contributed by atoms with Gasteiger partial charge in [-0.2, -0.15) is 21.6 Å². The second-order valence-corrected chi connectivity index (χ2v) is 9.47. The second-order valence-electron chi connectivity index (χ2n) is 7.66. The molecule has 33 heavy (non-hydrogen) atoms. The van der Waals surface area contributed by atoms with Crippen molar-refractivity contribution in [3.8, 4) is 5.75 Å². The van der Waals surface area contributed by atoms with E-state index in [1.54, 1.807) is 24.4 Å². The average Bonchev–Trinajstić information content (AvgIpc) is 3.17. The maximum atomic E-state index is 13.4. The third kappa shape index (κ3) is 4.15. The number of hydrogen-bond donors (Lipinski definition) is 1. The molecule has 3 heterocycles. The number of rotatable bonds is 4. The van der Waals surface area contributed by atoms with Gasteiger partial charge in [0, 0.05) is 11.9 Å². The number of halogens is 3. The van der Waals surface area contributed by atoms with E-state index >= 15 is 0 Å². The molecule has 0 bridgehead atoms. The first-order valence-electron chi connectivity index (χ1n) is 9.68. The molecule has 0 saturated carbocycles. The highest BCUT2D eigenvalue weighted by Gasteiger charge is 2.51. The predicted molar refractivity (Wildman–Crippen MR) is 112 cm³/mol. The van der Waals surface area contributed by atoms with Crippen LogP contribution < -0.4 is 14.4 Å². The van der Waals surface area contributed by atoms with Crippen molar-refractivity contribution in [1.82, 2.24) is 9.38 Å². The van der Waals surface area contributed by atoms with Crippen LogP contribution in [-0.2, 0) is 14.8 Å². The fourth-order valence-corrected chi connectivity index (χ4v) is 4.70. The van der Waals surface area contributed by atoms with Gasteiger partial charge in [0.2, 0.25) is 5.60 Å². The fraction of sp³-hybridized carbons (Fsp3) is 0.300. The van der Waals surface area contributed by atoms with Gasteiger partial charge in [-0.3, -0.25) is 14.0 Å². The maximum absolute atomic E-state index is 13.4. The molecular formula is C20H19F3N4O5S. The van der Waals surface area contributed by atoms with Gasteiger partial charge >= 0.3 is 12.3 Å². The first kappa shape index (κ1) is 22.7. The van der Waals surface area contributed by atoms with E-state index in [4.69, 9.17) is 4.74 Å². The lowest BCUT2D eigenvalue weighted by molar-refractivity contribution is -0.242. The van der Waals surface area contributed by atoms with E-state index in [0.29, 0.717) is 5.65 Å². The van der Waals surface area contributed by atoms with Crippen LogP contribution in [0, 0.1) is 0 Å². The smallest absolute Gasteiger partial charge is 0.427 e. The number of carbonyl (C=O) groups excluding carboxylic acids is 1. The fourth-order valence-electron chi connectivity index (χ4n) is 3.17. The molecule has 1 amide bonds. The Balaban J connectivity index is 1.64. The number of sulfonamides is 1. The van der Waals surface area contributed by atoms with Crippen LogP contribution in [0.4, 0.5) is 29.3 Å². The summed E-state index contributed by atoms with van der Waals surface area (Å²) in [5, 5.41) is 2.13. The van der Waals surface area contributed by atoms with Gasteiger partial charge in [-0.05, 0) is 44.2 Å². The lowest BCUT2D eigenvalue weighted by Gasteiger charge is -2.31. The molecule has 1 aliphatic rings. The molecule has 176 valence electrons. The first-order valence-corrected chi connectivity index (χ1v) is 11.1. The molecule has 0 saturated heterocycles. The molecule has 0 radical (unpaired) electrons. The standard InChI is InChI=1S/C20H19F3N4O5S/c1-19(2,20(21,22)23)32-18(28)25-13-6-7-15-14(11-13)27(9-10-31-15)33(29,30)17-12-24-16-5-3-4-8-26(16)17/h3-8,11-12H,9-10H2,1-2H3,(H,25,28). The molecule has 4 rings (SSSR count). The molecule has 2 aromatic heterocycles. The predicted octanol–water partition coefficient (Wildman–Crippen LogP) is 3.81. The molecule has 0 spiro atoms. The number of nitrogens with zero attached hydrogens (tertiary/aromatic N) is 3. The molecule has 9 nitrogen and oxygen atoms in total. The van der Waals surface area contributed by atoms with Crippen LogP contribution in [0.5, 0.6) is 5.75 Å². The zero-order valence-electron chi connectivity index (χ0n) is 17.5. The van der Waals surface area contributed by atoms with Gasteiger partial charge in [-0.15, -0.1) is 0 Å². The van der Waals surface area contributed by atoms with Gasteiger partial charge in [-0.1, -0.05) is 6.07 Å². The highest BCUT2D eigenvalue weighted by molar-refractivity contribution is 7.92. The number of carbonyl (C=O) groups is 1. The Kier molecular flexibility index (Phi) is 5.39. The van der Waals surface area contributed by atoms with Gasteiger partial charge in [0.25, 0.3) is 10.0 Å². The number of hydrogen-bond acceptors (Lipinski definition) is 6. The minimum absolute atomic E-state index is 0.0234. The summed E-state index contributed by atoms with van der Waals surface area (Å²) in [7, 11) is -4.09. The lowest BCUT2D eigenvalue weighted by atomic mass is 10.1. The number of amides is 1. The van der Waals surface area contributed by atoms with Crippen LogP contribution in [0.15, 0.2) is 53.8 Å². The molecular weight excluding hydrogens is 465 g/mol. The quantitative estimate of drug-likeness (QED) is 0.604. The van der Waals surface area contributed by atoms with Crippen molar-refractivity contribution in [2.45, 2.75) is 30.7 Å². The molecule has 1 aromatic carbocycles. The number of ether oxygens (including phenoxy) is 2. The summed E-state index contributed by atoms with van der Waals surface area (Å²) < 4.78 is 78.3. The molecule has 0 aliphatic carbocycles. The van der Waals surface area contributed by atoms with Gasteiger partial charge < -0.3 is 9.47 Å². The molecule has 1 N–H and O–H groups in total. The van der Waals surface area contributed by atoms with Crippen LogP contribution in [0.25, 0.3) is 5.65 Å². The monoisotopic (exact) mass is 484 g/mol. The van der Waals surface area contributed by atoms with E-state index in [1.807, 2.05) is 0 Å². The van der Waals surface area contributed by atoms with Crippen LogP contribution in [0.3, 0.4) is 0 Å². The molecule has 3 aromatic rings. The van der Waals surface area contributed by atoms with Crippen molar-refractivity contribution in [2.24, 2.45) is 0 Å². The third-order valence-electron chi connectivity index (χ3n) is 4.99. The van der Waals surface area contributed by atoms with E-state index in [1.165, 1.54) is 28.8 Å². The zero-order valence-corrected chi connectivity index (χ0v) is 18.3.